The summed E-state index contributed by atoms with van der Waals surface area (Å²) in [5, 5.41) is 5.83. The molecule has 0 bridgehead atoms. The number of carbonyl (C=O) groups excluding carboxylic acids is 1. The fourth-order valence-electron chi connectivity index (χ4n) is 1.57. The van der Waals surface area contributed by atoms with Crippen molar-refractivity contribution in [1.29, 1.82) is 0 Å². The first-order chi connectivity index (χ1) is 9.21. The highest BCUT2D eigenvalue weighted by Gasteiger charge is 2.07. The van der Waals surface area contributed by atoms with Crippen molar-refractivity contribution in [2.45, 2.75) is 19.9 Å². The van der Waals surface area contributed by atoms with Crippen LogP contribution in [0, 0.1) is 0 Å². The first-order valence-corrected chi connectivity index (χ1v) is 6.42. The van der Waals surface area contributed by atoms with E-state index in [-0.39, 0.29) is 12.5 Å². The summed E-state index contributed by atoms with van der Waals surface area (Å²) in [6, 6.07) is 5.72. The largest absolute Gasteiger partial charge is 0.493 e. The van der Waals surface area contributed by atoms with Gasteiger partial charge in [0.25, 0.3) is 5.91 Å². The Morgan fingerprint density at radius 1 is 1.32 bits per heavy atom. The summed E-state index contributed by atoms with van der Waals surface area (Å²) in [6.07, 6.45) is 1.09. The van der Waals surface area contributed by atoms with E-state index in [0.29, 0.717) is 11.5 Å². The number of benzene rings is 1. The molecule has 0 aliphatic carbocycles. The molecule has 2 N–H and O–H groups in total. The predicted octanol–water partition coefficient (Wildman–Crippen LogP) is 1.32. The Bertz CT molecular complexity index is 408. The van der Waals surface area contributed by atoms with Crippen molar-refractivity contribution in [2.75, 3.05) is 27.3 Å². The molecule has 0 heterocycles. The second-order valence-electron chi connectivity index (χ2n) is 4.12. The molecule has 5 nitrogen and oxygen atoms in total. The molecule has 0 saturated carbocycles. The Morgan fingerprint density at radius 2 is 2.11 bits per heavy atom. The van der Waals surface area contributed by atoms with Gasteiger partial charge >= 0.3 is 0 Å². The molecule has 0 aliphatic rings. The normalized spacial score (nSPS) is 10.1. The fraction of sp³-hybridized carbons (Fsp3) is 0.500. The number of amides is 1. The van der Waals surface area contributed by atoms with Crippen LogP contribution in [-0.4, -0.2) is 33.2 Å². The molecule has 1 aromatic rings. The van der Waals surface area contributed by atoms with E-state index < -0.39 is 0 Å². The lowest BCUT2D eigenvalue weighted by Crippen LogP contribution is -2.25. The van der Waals surface area contributed by atoms with E-state index in [4.69, 9.17) is 9.47 Å². The molecule has 1 aromatic carbocycles. The zero-order chi connectivity index (χ0) is 14.1. The van der Waals surface area contributed by atoms with Crippen LogP contribution in [0.2, 0.25) is 0 Å². The minimum atomic E-state index is -0.170. The minimum absolute atomic E-state index is 0.0152. The van der Waals surface area contributed by atoms with Gasteiger partial charge in [-0.2, -0.15) is 0 Å². The molecule has 19 heavy (non-hydrogen) atoms. The van der Waals surface area contributed by atoms with Gasteiger partial charge in [0.15, 0.2) is 18.1 Å². The third-order valence-electron chi connectivity index (χ3n) is 2.62. The van der Waals surface area contributed by atoms with Crippen LogP contribution in [0.25, 0.3) is 0 Å². The van der Waals surface area contributed by atoms with Gasteiger partial charge in [0.1, 0.15) is 0 Å². The molecule has 0 saturated heterocycles. The van der Waals surface area contributed by atoms with E-state index in [9.17, 15) is 4.79 Å². The lowest BCUT2D eigenvalue weighted by molar-refractivity contribution is -0.122. The van der Waals surface area contributed by atoms with Gasteiger partial charge in [-0.15, -0.1) is 0 Å². The number of hydrogen-bond acceptors (Lipinski definition) is 4. The molecule has 0 radical (unpaired) electrons. The van der Waals surface area contributed by atoms with Crippen molar-refractivity contribution in [3.63, 3.8) is 0 Å². The van der Waals surface area contributed by atoms with Gasteiger partial charge in [0, 0.05) is 13.6 Å². The Morgan fingerprint density at radius 3 is 2.74 bits per heavy atom. The van der Waals surface area contributed by atoms with Crippen LogP contribution >= 0.6 is 0 Å². The standard InChI is InChI=1S/C14H22N2O3/c1-4-7-16-9-11-5-6-12(18-3)13(8-11)19-10-14(17)15-2/h5-6,8,16H,4,7,9-10H2,1-3H3,(H,15,17). The average Bonchev–Trinajstić information content (AvgIpc) is 2.45. The number of carbonyl (C=O) groups is 1. The van der Waals surface area contributed by atoms with Crippen molar-refractivity contribution in [3.8, 4) is 11.5 Å². The first-order valence-electron chi connectivity index (χ1n) is 6.42. The van der Waals surface area contributed by atoms with Crippen LogP contribution < -0.4 is 20.1 Å². The van der Waals surface area contributed by atoms with Gasteiger partial charge < -0.3 is 20.1 Å². The van der Waals surface area contributed by atoms with Crippen LogP contribution in [0.1, 0.15) is 18.9 Å². The minimum Gasteiger partial charge on any atom is -0.493 e. The number of rotatable bonds is 8. The van der Waals surface area contributed by atoms with Crippen LogP contribution in [0.3, 0.4) is 0 Å². The van der Waals surface area contributed by atoms with Gasteiger partial charge in [-0.3, -0.25) is 4.79 Å². The summed E-state index contributed by atoms with van der Waals surface area (Å²) in [5.41, 5.74) is 1.10. The predicted molar refractivity (Wildman–Crippen MR) is 74.6 cm³/mol. The third-order valence-corrected chi connectivity index (χ3v) is 2.62. The van der Waals surface area contributed by atoms with Gasteiger partial charge in [0.2, 0.25) is 0 Å². The van der Waals surface area contributed by atoms with Gasteiger partial charge in [0.05, 0.1) is 7.11 Å². The van der Waals surface area contributed by atoms with Gasteiger partial charge in [-0.25, -0.2) is 0 Å². The highest BCUT2D eigenvalue weighted by Crippen LogP contribution is 2.27. The number of likely N-dealkylation sites (N-methyl/N-ethyl adjacent to an activating group) is 1. The second-order valence-corrected chi connectivity index (χ2v) is 4.12. The molecular formula is C14H22N2O3. The van der Waals surface area contributed by atoms with Crippen LogP contribution in [-0.2, 0) is 11.3 Å². The number of methoxy groups -OCH3 is 1. The lowest BCUT2D eigenvalue weighted by Gasteiger charge is -2.12. The zero-order valence-corrected chi connectivity index (χ0v) is 11.8. The molecule has 1 rings (SSSR count). The highest BCUT2D eigenvalue weighted by atomic mass is 16.5. The number of nitrogens with one attached hydrogen (secondary N) is 2. The SMILES string of the molecule is CCCNCc1ccc(OC)c(OCC(=O)NC)c1. The maximum atomic E-state index is 11.2. The van der Waals surface area contributed by atoms with Gasteiger partial charge in [-0.1, -0.05) is 13.0 Å². The van der Waals surface area contributed by atoms with E-state index in [2.05, 4.69) is 17.6 Å². The third kappa shape index (κ3) is 5.18. The fourth-order valence-corrected chi connectivity index (χ4v) is 1.57. The summed E-state index contributed by atoms with van der Waals surface area (Å²) in [6.45, 7) is 3.85. The summed E-state index contributed by atoms with van der Waals surface area (Å²) in [5.74, 6) is 1.04. The van der Waals surface area contributed by atoms with E-state index in [1.165, 1.54) is 0 Å². The van der Waals surface area contributed by atoms with E-state index in [1.54, 1.807) is 14.2 Å². The molecule has 106 valence electrons. The van der Waals surface area contributed by atoms with Crippen LogP contribution in [0.15, 0.2) is 18.2 Å². The molecule has 1 amide bonds. The van der Waals surface area contributed by atoms with Gasteiger partial charge in [-0.05, 0) is 30.7 Å². The van der Waals surface area contributed by atoms with Crippen LogP contribution in [0.5, 0.6) is 11.5 Å². The molecular weight excluding hydrogens is 244 g/mol. The number of ether oxygens (including phenoxy) is 2. The first kappa shape index (κ1) is 15.3. The summed E-state index contributed by atoms with van der Waals surface area (Å²) >= 11 is 0. The van der Waals surface area contributed by atoms with Crippen molar-refractivity contribution in [2.24, 2.45) is 0 Å². The van der Waals surface area contributed by atoms with E-state index >= 15 is 0 Å². The topological polar surface area (TPSA) is 59.6 Å². The van der Waals surface area contributed by atoms with Crippen molar-refractivity contribution in [1.82, 2.24) is 10.6 Å². The van der Waals surface area contributed by atoms with Crippen molar-refractivity contribution >= 4 is 5.91 Å². The summed E-state index contributed by atoms with van der Waals surface area (Å²) in [4.78, 5) is 11.2. The Labute approximate surface area is 114 Å². The summed E-state index contributed by atoms with van der Waals surface area (Å²) in [7, 11) is 3.16. The molecule has 0 fully saturated rings. The maximum absolute atomic E-state index is 11.2. The maximum Gasteiger partial charge on any atom is 0.257 e. The zero-order valence-electron chi connectivity index (χ0n) is 11.8. The lowest BCUT2D eigenvalue weighted by atomic mass is 10.2. The molecule has 0 spiro atoms. The Kier molecular flexibility index (Phi) is 6.74. The van der Waals surface area contributed by atoms with Crippen molar-refractivity contribution < 1.29 is 14.3 Å². The molecule has 0 atom stereocenters. The average molecular weight is 266 g/mol. The molecule has 0 aliphatic heterocycles. The summed E-state index contributed by atoms with van der Waals surface area (Å²) < 4.78 is 10.7. The number of hydrogen-bond donors (Lipinski definition) is 2. The Balaban J connectivity index is 2.69. The molecule has 5 heteroatoms. The highest BCUT2D eigenvalue weighted by molar-refractivity contribution is 5.77. The smallest absolute Gasteiger partial charge is 0.257 e. The Hall–Kier alpha value is -1.75. The quantitative estimate of drug-likeness (QED) is 0.697. The molecule has 0 unspecified atom stereocenters. The second kappa shape index (κ2) is 8.37. The monoisotopic (exact) mass is 266 g/mol. The van der Waals surface area contributed by atoms with E-state index in [1.807, 2.05) is 18.2 Å². The van der Waals surface area contributed by atoms with Crippen LogP contribution in [0.4, 0.5) is 0 Å². The molecule has 0 aromatic heterocycles. The van der Waals surface area contributed by atoms with E-state index in [0.717, 1.165) is 25.1 Å². The van der Waals surface area contributed by atoms with Crippen molar-refractivity contribution in [3.05, 3.63) is 23.8 Å².